The van der Waals surface area contributed by atoms with Crippen LogP contribution in [0.4, 0.5) is 0 Å². The van der Waals surface area contributed by atoms with E-state index in [0.29, 0.717) is 15.6 Å². The number of hydrogen-bond donors (Lipinski definition) is 0. The summed E-state index contributed by atoms with van der Waals surface area (Å²) >= 11 is 2.28. The molecule has 2 aliphatic carbocycles. The first-order chi connectivity index (χ1) is 7.89. The Morgan fingerprint density at radius 2 is 1.65 bits per heavy atom. The Morgan fingerprint density at radius 3 is 2.41 bits per heavy atom. The molecule has 98 valence electrons. The molecule has 0 aromatic carbocycles. The van der Waals surface area contributed by atoms with Crippen LogP contribution >= 0.6 is 11.8 Å². The highest BCUT2D eigenvalue weighted by Gasteiger charge is 2.59. The van der Waals surface area contributed by atoms with Crippen molar-refractivity contribution in [3.63, 3.8) is 0 Å². The van der Waals surface area contributed by atoms with Crippen molar-refractivity contribution in [1.82, 2.24) is 0 Å². The molecule has 0 spiro atoms. The van der Waals surface area contributed by atoms with Gasteiger partial charge in [0.15, 0.2) is 0 Å². The molecular formula is C16H28S. The lowest BCUT2D eigenvalue weighted by atomic mass is 9.46. The van der Waals surface area contributed by atoms with Crippen LogP contribution in [0.15, 0.2) is 0 Å². The van der Waals surface area contributed by atoms with Gasteiger partial charge in [-0.2, -0.15) is 11.8 Å². The smallest absolute Gasteiger partial charge is 0.0165 e. The molecule has 0 nitrogen and oxygen atoms in total. The SMILES string of the molecule is CC1(C)CCC[C@]2(C)[C@H]3CCS[C@@]3(C)CC[C@@H]12. The lowest BCUT2D eigenvalue weighted by Gasteiger charge is -2.60. The molecule has 4 atom stereocenters. The Bertz CT molecular complexity index is 317. The van der Waals surface area contributed by atoms with Crippen LogP contribution in [0.1, 0.15) is 66.2 Å². The first-order valence-corrected chi connectivity index (χ1v) is 8.51. The first-order valence-electron chi connectivity index (χ1n) is 7.52. The summed E-state index contributed by atoms with van der Waals surface area (Å²) in [4.78, 5) is 0. The van der Waals surface area contributed by atoms with E-state index in [2.05, 4.69) is 39.5 Å². The zero-order valence-electron chi connectivity index (χ0n) is 12.0. The maximum Gasteiger partial charge on any atom is 0.0165 e. The summed E-state index contributed by atoms with van der Waals surface area (Å²) in [6.07, 6.45) is 8.89. The largest absolute Gasteiger partial charge is 0.155 e. The van der Waals surface area contributed by atoms with Crippen molar-refractivity contribution in [3.8, 4) is 0 Å². The topological polar surface area (TPSA) is 0 Å². The van der Waals surface area contributed by atoms with Crippen molar-refractivity contribution in [2.24, 2.45) is 22.7 Å². The lowest BCUT2D eigenvalue weighted by Crippen LogP contribution is -2.54. The zero-order chi connectivity index (χ0) is 12.3. The van der Waals surface area contributed by atoms with Crippen LogP contribution in [0.2, 0.25) is 0 Å². The molecule has 0 N–H and O–H groups in total. The maximum absolute atomic E-state index is 2.65. The van der Waals surface area contributed by atoms with E-state index < -0.39 is 0 Å². The summed E-state index contributed by atoms with van der Waals surface area (Å²) < 4.78 is 0.624. The molecular weight excluding hydrogens is 224 g/mol. The van der Waals surface area contributed by atoms with Gasteiger partial charge in [0.05, 0.1) is 0 Å². The standard InChI is InChI=1S/C16H28S/c1-14(2)8-5-9-15(3)12(14)6-10-16(4)13(15)7-11-17-16/h12-13H,5-11H2,1-4H3/t12-,13+,15-,16-/m0/s1. The van der Waals surface area contributed by atoms with Gasteiger partial charge in [0.25, 0.3) is 0 Å². The molecule has 0 aromatic rings. The van der Waals surface area contributed by atoms with Crippen LogP contribution < -0.4 is 0 Å². The van der Waals surface area contributed by atoms with Crippen molar-refractivity contribution < 1.29 is 0 Å². The van der Waals surface area contributed by atoms with E-state index in [9.17, 15) is 0 Å². The van der Waals surface area contributed by atoms with E-state index in [4.69, 9.17) is 0 Å². The van der Waals surface area contributed by atoms with E-state index in [1.807, 2.05) is 0 Å². The number of rotatable bonds is 0. The summed E-state index contributed by atoms with van der Waals surface area (Å²) in [5.74, 6) is 3.41. The van der Waals surface area contributed by atoms with E-state index in [1.165, 1.54) is 44.3 Å². The molecule has 0 aromatic heterocycles. The second-order valence-corrected chi connectivity index (χ2v) is 9.57. The monoisotopic (exact) mass is 252 g/mol. The fourth-order valence-electron chi connectivity index (χ4n) is 5.82. The Kier molecular flexibility index (Phi) is 2.68. The van der Waals surface area contributed by atoms with Crippen molar-refractivity contribution in [2.75, 3.05) is 5.75 Å². The maximum atomic E-state index is 2.65. The molecule has 3 fully saturated rings. The van der Waals surface area contributed by atoms with Gasteiger partial charge in [0.1, 0.15) is 0 Å². The quantitative estimate of drug-likeness (QED) is 0.576. The van der Waals surface area contributed by atoms with Crippen LogP contribution in [0.5, 0.6) is 0 Å². The molecule has 1 saturated heterocycles. The van der Waals surface area contributed by atoms with Gasteiger partial charge in [-0.1, -0.05) is 34.1 Å². The van der Waals surface area contributed by atoms with Gasteiger partial charge in [-0.25, -0.2) is 0 Å². The minimum Gasteiger partial charge on any atom is -0.155 e. The normalized spacial score (nSPS) is 52.9. The number of hydrogen-bond acceptors (Lipinski definition) is 1. The summed E-state index contributed by atoms with van der Waals surface area (Å²) in [5.41, 5.74) is 1.25. The third-order valence-electron chi connectivity index (χ3n) is 6.58. The Balaban J connectivity index is 1.98. The Labute approximate surface area is 111 Å². The highest BCUT2D eigenvalue weighted by molar-refractivity contribution is 8.00. The van der Waals surface area contributed by atoms with E-state index in [0.717, 1.165) is 11.8 Å². The molecule has 1 aliphatic heterocycles. The molecule has 0 radical (unpaired) electrons. The van der Waals surface area contributed by atoms with Gasteiger partial charge < -0.3 is 0 Å². The van der Waals surface area contributed by atoms with Gasteiger partial charge in [-0.3, -0.25) is 0 Å². The summed E-state index contributed by atoms with van der Waals surface area (Å²) in [6.45, 7) is 10.3. The van der Waals surface area contributed by atoms with Gasteiger partial charge in [0, 0.05) is 4.75 Å². The van der Waals surface area contributed by atoms with Gasteiger partial charge >= 0.3 is 0 Å². The van der Waals surface area contributed by atoms with Crippen molar-refractivity contribution in [2.45, 2.75) is 71.0 Å². The fourth-order valence-corrected chi connectivity index (χ4v) is 7.49. The zero-order valence-corrected chi connectivity index (χ0v) is 12.8. The molecule has 1 heteroatoms. The van der Waals surface area contributed by atoms with E-state index in [1.54, 1.807) is 0 Å². The van der Waals surface area contributed by atoms with Gasteiger partial charge in [-0.05, 0) is 60.5 Å². The van der Waals surface area contributed by atoms with Crippen molar-refractivity contribution in [1.29, 1.82) is 0 Å². The molecule has 0 amide bonds. The average molecular weight is 252 g/mol. The highest BCUT2D eigenvalue weighted by atomic mass is 32.2. The van der Waals surface area contributed by atoms with Crippen LogP contribution in [0.3, 0.4) is 0 Å². The third kappa shape index (κ3) is 1.64. The third-order valence-corrected chi connectivity index (χ3v) is 8.16. The van der Waals surface area contributed by atoms with Crippen molar-refractivity contribution in [3.05, 3.63) is 0 Å². The van der Waals surface area contributed by atoms with Gasteiger partial charge in [0.2, 0.25) is 0 Å². The second kappa shape index (κ2) is 3.68. The Hall–Kier alpha value is 0.350. The fraction of sp³-hybridized carbons (Fsp3) is 1.00. The summed E-state index contributed by atoms with van der Waals surface area (Å²) in [7, 11) is 0. The highest BCUT2D eigenvalue weighted by Crippen LogP contribution is 2.67. The van der Waals surface area contributed by atoms with Gasteiger partial charge in [-0.15, -0.1) is 0 Å². The van der Waals surface area contributed by atoms with Crippen LogP contribution in [0.25, 0.3) is 0 Å². The predicted octanol–water partition coefficient (Wildman–Crippen LogP) is 5.12. The molecule has 0 bridgehead atoms. The molecule has 0 unspecified atom stereocenters. The number of fused-ring (bicyclic) bond motifs is 3. The van der Waals surface area contributed by atoms with Crippen LogP contribution in [-0.4, -0.2) is 10.5 Å². The molecule has 2 saturated carbocycles. The lowest BCUT2D eigenvalue weighted by molar-refractivity contribution is -0.0821. The minimum absolute atomic E-state index is 0.599. The van der Waals surface area contributed by atoms with E-state index in [-0.39, 0.29) is 0 Å². The summed E-state index contributed by atoms with van der Waals surface area (Å²) in [6, 6.07) is 0. The number of thioether (sulfide) groups is 1. The molecule has 3 aliphatic rings. The van der Waals surface area contributed by atoms with Crippen LogP contribution in [0, 0.1) is 22.7 Å². The Morgan fingerprint density at radius 1 is 0.882 bits per heavy atom. The van der Waals surface area contributed by atoms with Crippen molar-refractivity contribution >= 4 is 11.8 Å². The average Bonchev–Trinajstić information content (AvgIpc) is 2.60. The van der Waals surface area contributed by atoms with Crippen LogP contribution in [-0.2, 0) is 0 Å². The molecule has 17 heavy (non-hydrogen) atoms. The molecule has 1 heterocycles. The first kappa shape index (κ1) is 12.4. The predicted molar refractivity (Wildman–Crippen MR) is 77.4 cm³/mol. The minimum atomic E-state index is 0.599. The second-order valence-electron chi connectivity index (χ2n) is 7.94. The van der Waals surface area contributed by atoms with E-state index >= 15 is 0 Å². The molecule has 3 rings (SSSR count). The summed E-state index contributed by atoms with van der Waals surface area (Å²) in [5, 5.41) is 0.